The first kappa shape index (κ1) is 15.1. The summed E-state index contributed by atoms with van der Waals surface area (Å²) in [5.74, 6) is 0.951. The zero-order valence-corrected chi connectivity index (χ0v) is 11.8. The zero-order chi connectivity index (χ0) is 15.2. The second kappa shape index (κ2) is 6.92. The highest BCUT2D eigenvalue weighted by Crippen LogP contribution is 2.23. The van der Waals surface area contributed by atoms with E-state index < -0.39 is 6.61 Å². The molecule has 1 N–H and O–H groups in total. The summed E-state index contributed by atoms with van der Waals surface area (Å²) in [6, 6.07) is 14.3. The first-order chi connectivity index (χ1) is 10.1. The van der Waals surface area contributed by atoms with E-state index in [1.54, 1.807) is 19.2 Å². The smallest absolute Gasteiger partial charge is 0.387 e. The molecule has 21 heavy (non-hydrogen) atoms. The molecule has 2 aromatic rings. The highest BCUT2D eigenvalue weighted by atomic mass is 19.3. The lowest BCUT2D eigenvalue weighted by Gasteiger charge is -2.16. The fourth-order valence-electron chi connectivity index (χ4n) is 1.96. The minimum atomic E-state index is -2.80. The van der Waals surface area contributed by atoms with Gasteiger partial charge < -0.3 is 14.8 Å². The average molecular weight is 293 g/mol. The van der Waals surface area contributed by atoms with Crippen molar-refractivity contribution >= 4 is 5.69 Å². The predicted octanol–water partition coefficient (Wildman–Crippen LogP) is 4.47. The number of benzene rings is 2. The molecule has 0 aliphatic heterocycles. The van der Waals surface area contributed by atoms with Crippen LogP contribution in [0.5, 0.6) is 11.5 Å². The Kier molecular flexibility index (Phi) is 4.98. The molecule has 0 bridgehead atoms. The first-order valence-electron chi connectivity index (χ1n) is 6.54. The van der Waals surface area contributed by atoms with Crippen molar-refractivity contribution in [1.29, 1.82) is 0 Å². The predicted molar refractivity (Wildman–Crippen MR) is 78.1 cm³/mol. The highest BCUT2D eigenvalue weighted by molar-refractivity contribution is 5.48. The van der Waals surface area contributed by atoms with E-state index in [-0.39, 0.29) is 11.8 Å². The van der Waals surface area contributed by atoms with Crippen LogP contribution in [0, 0.1) is 0 Å². The van der Waals surface area contributed by atoms with Gasteiger partial charge in [-0.25, -0.2) is 0 Å². The Morgan fingerprint density at radius 1 is 0.905 bits per heavy atom. The maximum absolute atomic E-state index is 12.1. The molecule has 3 nitrogen and oxygen atoms in total. The zero-order valence-electron chi connectivity index (χ0n) is 11.8. The molecule has 0 aliphatic carbocycles. The van der Waals surface area contributed by atoms with Gasteiger partial charge in [0.2, 0.25) is 0 Å². The van der Waals surface area contributed by atoms with Crippen molar-refractivity contribution in [3.63, 3.8) is 0 Å². The molecule has 0 heterocycles. The first-order valence-corrected chi connectivity index (χ1v) is 6.54. The van der Waals surface area contributed by atoms with Crippen LogP contribution in [0.2, 0.25) is 0 Å². The van der Waals surface area contributed by atoms with Crippen LogP contribution in [0.4, 0.5) is 14.5 Å². The number of ether oxygens (including phenoxy) is 2. The van der Waals surface area contributed by atoms with Gasteiger partial charge in [0, 0.05) is 11.7 Å². The number of nitrogens with one attached hydrogen (secondary N) is 1. The number of methoxy groups -OCH3 is 1. The van der Waals surface area contributed by atoms with E-state index in [2.05, 4.69) is 10.1 Å². The van der Waals surface area contributed by atoms with E-state index in [0.29, 0.717) is 0 Å². The van der Waals surface area contributed by atoms with Crippen LogP contribution in [0.1, 0.15) is 18.5 Å². The Labute approximate surface area is 122 Å². The topological polar surface area (TPSA) is 30.5 Å². The van der Waals surface area contributed by atoms with Crippen molar-refractivity contribution in [2.75, 3.05) is 12.4 Å². The van der Waals surface area contributed by atoms with Crippen molar-refractivity contribution < 1.29 is 18.3 Å². The van der Waals surface area contributed by atoms with Gasteiger partial charge in [0.25, 0.3) is 0 Å². The quantitative estimate of drug-likeness (QED) is 0.852. The van der Waals surface area contributed by atoms with E-state index in [9.17, 15) is 8.78 Å². The van der Waals surface area contributed by atoms with Crippen LogP contribution in [-0.2, 0) is 0 Å². The van der Waals surface area contributed by atoms with Gasteiger partial charge in [-0.3, -0.25) is 0 Å². The van der Waals surface area contributed by atoms with Crippen molar-refractivity contribution in [2.24, 2.45) is 0 Å². The summed E-state index contributed by atoms with van der Waals surface area (Å²) in [5, 5.41) is 3.29. The van der Waals surface area contributed by atoms with Gasteiger partial charge in [-0.2, -0.15) is 8.78 Å². The van der Waals surface area contributed by atoms with Gasteiger partial charge in [0.15, 0.2) is 0 Å². The highest BCUT2D eigenvalue weighted by Gasteiger charge is 2.07. The molecule has 112 valence electrons. The molecule has 0 fully saturated rings. The molecule has 0 aliphatic rings. The molecule has 0 spiro atoms. The van der Waals surface area contributed by atoms with Crippen LogP contribution in [0.15, 0.2) is 48.5 Å². The Bertz CT molecular complexity index is 555. The normalized spacial score (nSPS) is 12.0. The van der Waals surface area contributed by atoms with Gasteiger partial charge in [0.05, 0.1) is 7.11 Å². The van der Waals surface area contributed by atoms with Gasteiger partial charge in [-0.1, -0.05) is 12.1 Å². The van der Waals surface area contributed by atoms with Crippen LogP contribution in [0.25, 0.3) is 0 Å². The van der Waals surface area contributed by atoms with Crippen molar-refractivity contribution in [3.8, 4) is 11.5 Å². The van der Waals surface area contributed by atoms with Crippen LogP contribution >= 0.6 is 0 Å². The summed E-state index contributed by atoms with van der Waals surface area (Å²) in [6.45, 7) is -0.784. The summed E-state index contributed by atoms with van der Waals surface area (Å²) in [4.78, 5) is 0. The second-order valence-corrected chi connectivity index (χ2v) is 4.54. The maximum Gasteiger partial charge on any atom is 0.387 e. The number of hydrogen-bond donors (Lipinski definition) is 1. The van der Waals surface area contributed by atoms with Gasteiger partial charge in [-0.15, -0.1) is 0 Å². The van der Waals surface area contributed by atoms with Crippen molar-refractivity contribution in [2.45, 2.75) is 19.6 Å². The van der Waals surface area contributed by atoms with Crippen LogP contribution in [0.3, 0.4) is 0 Å². The fraction of sp³-hybridized carbons (Fsp3) is 0.250. The van der Waals surface area contributed by atoms with E-state index in [0.717, 1.165) is 17.0 Å². The van der Waals surface area contributed by atoms with Gasteiger partial charge in [-0.05, 0) is 48.9 Å². The Balaban J connectivity index is 1.99. The SMILES string of the molecule is COc1ccc(C(C)Nc2ccc(OC(F)F)cc2)cc1. The lowest BCUT2D eigenvalue weighted by molar-refractivity contribution is -0.0498. The molecule has 5 heteroatoms. The lowest BCUT2D eigenvalue weighted by Crippen LogP contribution is -2.07. The largest absolute Gasteiger partial charge is 0.497 e. The number of rotatable bonds is 6. The number of hydrogen-bond acceptors (Lipinski definition) is 3. The third kappa shape index (κ3) is 4.34. The number of alkyl halides is 2. The molecule has 0 amide bonds. The minimum absolute atomic E-state index is 0.0813. The summed E-state index contributed by atoms with van der Waals surface area (Å²) in [6.07, 6.45) is 0. The number of anilines is 1. The monoisotopic (exact) mass is 293 g/mol. The molecular weight excluding hydrogens is 276 g/mol. The van der Waals surface area contributed by atoms with Crippen LogP contribution in [-0.4, -0.2) is 13.7 Å². The molecule has 0 saturated carbocycles. The fourth-order valence-corrected chi connectivity index (χ4v) is 1.96. The molecule has 0 aromatic heterocycles. The molecular formula is C16H17F2NO2. The summed E-state index contributed by atoms with van der Waals surface area (Å²) in [7, 11) is 1.62. The van der Waals surface area contributed by atoms with Gasteiger partial charge in [0.1, 0.15) is 11.5 Å². The molecule has 1 unspecified atom stereocenters. The van der Waals surface area contributed by atoms with Gasteiger partial charge >= 0.3 is 6.61 Å². The molecule has 2 aromatic carbocycles. The molecule has 0 saturated heterocycles. The second-order valence-electron chi connectivity index (χ2n) is 4.54. The molecule has 2 rings (SSSR count). The van der Waals surface area contributed by atoms with Crippen molar-refractivity contribution in [3.05, 3.63) is 54.1 Å². The summed E-state index contributed by atoms with van der Waals surface area (Å²) >= 11 is 0. The van der Waals surface area contributed by atoms with E-state index in [4.69, 9.17) is 4.74 Å². The Morgan fingerprint density at radius 3 is 2.00 bits per heavy atom. The lowest BCUT2D eigenvalue weighted by atomic mass is 10.1. The summed E-state index contributed by atoms with van der Waals surface area (Å²) in [5.41, 5.74) is 1.93. The van der Waals surface area contributed by atoms with E-state index >= 15 is 0 Å². The standard InChI is InChI=1S/C16H17F2NO2/c1-11(12-3-7-14(20-2)8-4-12)19-13-5-9-15(10-6-13)21-16(17)18/h3-11,16,19H,1-2H3. The summed E-state index contributed by atoms with van der Waals surface area (Å²) < 4.78 is 33.6. The van der Waals surface area contributed by atoms with Crippen LogP contribution < -0.4 is 14.8 Å². The maximum atomic E-state index is 12.1. The molecule has 1 atom stereocenters. The third-order valence-corrected chi connectivity index (χ3v) is 3.08. The molecule has 0 radical (unpaired) electrons. The van der Waals surface area contributed by atoms with E-state index in [1.807, 2.05) is 31.2 Å². The average Bonchev–Trinajstić information content (AvgIpc) is 2.49. The van der Waals surface area contributed by atoms with E-state index in [1.165, 1.54) is 12.1 Å². The minimum Gasteiger partial charge on any atom is -0.497 e. The Hall–Kier alpha value is -2.30. The third-order valence-electron chi connectivity index (χ3n) is 3.08. The Morgan fingerprint density at radius 2 is 1.48 bits per heavy atom. The van der Waals surface area contributed by atoms with Crippen molar-refractivity contribution in [1.82, 2.24) is 0 Å². The number of halogens is 2.